The molecule has 0 N–H and O–H groups in total. The zero-order chi connectivity index (χ0) is 20.7. The van der Waals surface area contributed by atoms with Crippen LogP contribution in [0.1, 0.15) is 34.6 Å². The number of carbonyl (C=O) groups is 5. The summed E-state index contributed by atoms with van der Waals surface area (Å²) in [6.07, 6.45) is -6.70. The lowest BCUT2D eigenvalue weighted by molar-refractivity contribution is -0.300. The smallest absolute Gasteiger partial charge is 0.305 e. The number of rotatable bonds is 6. The molecular weight excluding hydrogens is 368 g/mol. The van der Waals surface area contributed by atoms with Gasteiger partial charge in [-0.2, -0.15) is 0 Å². The molecule has 1 aliphatic rings. The summed E-state index contributed by atoms with van der Waals surface area (Å²) in [5.74, 6) is -3.71. The minimum absolute atomic E-state index is 0.393. The predicted octanol–water partition coefficient (Wildman–Crippen LogP) is -0.367. The van der Waals surface area contributed by atoms with E-state index in [1.165, 1.54) is 0 Å². The second-order valence-corrected chi connectivity index (χ2v) is 5.68. The minimum Gasteiger partial charge on any atom is -0.463 e. The largest absolute Gasteiger partial charge is 0.463 e. The number of hydrogen-bond acceptors (Lipinski definition) is 11. The van der Waals surface area contributed by atoms with Crippen LogP contribution in [-0.2, 0) is 52.4 Å². The van der Waals surface area contributed by atoms with E-state index in [0.717, 1.165) is 34.6 Å². The average molecular weight is 390 g/mol. The van der Waals surface area contributed by atoms with Gasteiger partial charge in [0.25, 0.3) is 0 Å². The first-order chi connectivity index (χ1) is 12.5. The monoisotopic (exact) mass is 390 g/mol. The Bertz CT molecular complexity index is 599. The van der Waals surface area contributed by atoms with E-state index >= 15 is 0 Å². The van der Waals surface area contributed by atoms with Crippen molar-refractivity contribution in [2.75, 3.05) is 6.61 Å². The van der Waals surface area contributed by atoms with Gasteiger partial charge >= 0.3 is 29.8 Å². The number of esters is 5. The minimum atomic E-state index is -1.48. The molecule has 0 bridgehead atoms. The molecule has 1 saturated heterocycles. The van der Waals surface area contributed by atoms with E-state index in [4.69, 9.17) is 28.4 Å². The summed E-state index contributed by atoms with van der Waals surface area (Å²) >= 11 is 0. The Labute approximate surface area is 155 Å². The van der Waals surface area contributed by atoms with Crippen LogP contribution in [0.25, 0.3) is 0 Å². The Balaban J connectivity index is 3.29. The van der Waals surface area contributed by atoms with Crippen LogP contribution in [0.2, 0.25) is 0 Å². The van der Waals surface area contributed by atoms with Crippen LogP contribution in [0.3, 0.4) is 0 Å². The summed E-state index contributed by atoms with van der Waals surface area (Å²) in [6, 6.07) is 0. The molecule has 11 heteroatoms. The van der Waals surface area contributed by atoms with Gasteiger partial charge in [-0.05, 0) is 0 Å². The Morgan fingerprint density at radius 2 is 1.07 bits per heavy atom. The molecule has 0 aromatic rings. The molecule has 11 nitrogen and oxygen atoms in total. The third-order valence-corrected chi connectivity index (χ3v) is 3.23. The van der Waals surface area contributed by atoms with Crippen LogP contribution in [0.15, 0.2) is 0 Å². The van der Waals surface area contributed by atoms with Crippen molar-refractivity contribution in [2.24, 2.45) is 0 Å². The quantitative estimate of drug-likeness (QED) is 0.433. The molecule has 0 aromatic carbocycles. The molecule has 5 atom stereocenters. The van der Waals surface area contributed by atoms with E-state index in [-0.39, 0.29) is 0 Å². The lowest BCUT2D eigenvalue weighted by Crippen LogP contribution is -2.63. The number of hydrogen-bond donors (Lipinski definition) is 0. The highest BCUT2D eigenvalue weighted by atomic mass is 16.7. The molecule has 1 rings (SSSR count). The van der Waals surface area contributed by atoms with E-state index in [1.807, 2.05) is 0 Å². The second-order valence-electron chi connectivity index (χ2n) is 5.68. The van der Waals surface area contributed by atoms with Crippen LogP contribution in [0.5, 0.6) is 0 Å². The molecule has 0 amide bonds. The van der Waals surface area contributed by atoms with Gasteiger partial charge in [0.1, 0.15) is 12.7 Å². The van der Waals surface area contributed by atoms with Crippen molar-refractivity contribution in [3.8, 4) is 0 Å². The topological polar surface area (TPSA) is 141 Å². The van der Waals surface area contributed by atoms with E-state index in [0.29, 0.717) is 0 Å². The highest BCUT2D eigenvalue weighted by molar-refractivity contribution is 5.69. The van der Waals surface area contributed by atoms with Gasteiger partial charge in [-0.15, -0.1) is 0 Å². The summed E-state index contributed by atoms with van der Waals surface area (Å²) in [5.41, 5.74) is 0. The van der Waals surface area contributed by atoms with Gasteiger partial charge in [-0.25, -0.2) is 0 Å². The fourth-order valence-electron chi connectivity index (χ4n) is 2.45. The fourth-order valence-corrected chi connectivity index (χ4v) is 2.45. The first kappa shape index (κ1) is 22.4. The normalized spacial score (nSPS) is 27.1. The first-order valence-electron chi connectivity index (χ1n) is 7.99. The molecule has 0 aromatic heterocycles. The van der Waals surface area contributed by atoms with Crippen LogP contribution < -0.4 is 0 Å². The van der Waals surface area contributed by atoms with Gasteiger partial charge < -0.3 is 28.4 Å². The predicted molar refractivity (Wildman–Crippen MR) is 83.7 cm³/mol. The van der Waals surface area contributed by atoms with Crippen molar-refractivity contribution in [3.63, 3.8) is 0 Å². The summed E-state index contributed by atoms with van der Waals surface area (Å²) in [4.78, 5) is 57.0. The van der Waals surface area contributed by atoms with Gasteiger partial charge in [-0.3, -0.25) is 24.0 Å². The lowest BCUT2D eigenvalue weighted by atomic mass is 9.98. The summed E-state index contributed by atoms with van der Waals surface area (Å²) in [7, 11) is 0. The molecule has 152 valence electrons. The van der Waals surface area contributed by atoms with Crippen molar-refractivity contribution in [1.29, 1.82) is 0 Å². The summed E-state index contributed by atoms with van der Waals surface area (Å²) in [5, 5.41) is 0. The molecule has 0 radical (unpaired) electrons. The van der Waals surface area contributed by atoms with Crippen molar-refractivity contribution in [2.45, 2.75) is 65.3 Å². The maximum Gasteiger partial charge on any atom is 0.305 e. The Hall–Kier alpha value is -2.69. The Morgan fingerprint density at radius 1 is 0.630 bits per heavy atom. The van der Waals surface area contributed by atoms with E-state index in [9.17, 15) is 24.0 Å². The summed E-state index contributed by atoms with van der Waals surface area (Å²) in [6.45, 7) is 5.13. The molecule has 0 saturated carbocycles. The fraction of sp³-hybridized carbons (Fsp3) is 0.688. The molecule has 1 aliphatic heterocycles. The lowest BCUT2D eigenvalue weighted by Gasteiger charge is -2.43. The van der Waals surface area contributed by atoms with Gasteiger partial charge in [-0.1, -0.05) is 0 Å². The van der Waals surface area contributed by atoms with Crippen molar-refractivity contribution < 1.29 is 52.4 Å². The Morgan fingerprint density at radius 3 is 1.52 bits per heavy atom. The maximum atomic E-state index is 11.5. The molecule has 1 unspecified atom stereocenters. The number of carbonyl (C=O) groups excluding carboxylic acids is 5. The molecule has 0 spiro atoms. The summed E-state index contributed by atoms with van der Waals surface area (Å²) < 4.78 is 30.8. The van der Waals surface area contributed by atoms with Crippen LogP contribution >= 0.6 is 0 Å². The molecule has 1 heterocycles. The van der Waals surface area contributed by atoms with Crippen LogP contribution in [0.4, 0.5) is 0 Å². The highest BCUT2D eigenvalue weighted by Crippen LogP contribution is 2.29. The molecule has 1 fully saturated rings. The average Bonchev–Trinajstić information content (AvgIpc) is 2.49. The van der Waals surface area contributed by atoms with Gasteiger partial charge in [0.15, 0.2) is 12.2 Å². The zero-order valence-electron chi connectivity index (χ0n) is 15.6. The van der Waals surface area contributed by atoms with E-state index in [1.54, 1.807) is 0 Å². The standard InChI is InChI=1S/C16H22O11/c1-7(17)22-6-12-13(23-8(2)18)14(24-9(3)19)15(25-10(4)20)16(27-12)26-11(5)21/h12-16H,6H2,1-5H3/t12-,13?,14+,15-,16-/m1/s1. The third kappa shape index (κ3) is 7.21. The SMILES string of the molecule is CC(=O)OC[C@H]1O[C@@H](OC(C)=O)[C@H](OC(C)=O)[C@@H](OC(C)=O)C1OC(C)=O. The highest BCUT2D eigenvalue weighted by Gasteiger charge is 2.53. The zero-order valence-corrected chi connectivity index (χ0v) is 15.6. The second kappa shape index (κ2) is 9.86. The van der Waals surface area contributed by atoms with Gasteiger partial charge in [0.2, 0.25) is 12.4 Å². The molecule has 27 heavy (non-hydrogen) atoms. The first-order valence-corrected chi connectivity index (χ1v) is 7.99. The van der Waals surface area contributed by atoms with E-state index in [2.05, 4.69) is 0 Å². The maximum absolute atomic E-state index is 11.5. The van der Waals surface area contributed by atoms with Gasteiger partial charge in [0.05, 0.1) is 0 Å². The van der Waals surface area contributed by atoms with Crippen molar-refractivity contribution >= 4 is 29.8 Å². The molecule has 0 aliphatic carbocycles. The molecular formula is C16H22O11. The van der Waals surface area contributed by atoms with Crippen molar-refractivity contribution in [1.82, 2.24) is 0 Å². The van der Waals surface area contributed by atoms with E-state index < -0.39 is 67.2 Å². The number of ether oxygens (including phenoxy) is 6. The van der Waals surface area contributed by atoms with Crippen molar-refractivity contribution in [3.05, 3.63) is 0 Å². The third-order valence-electron chi connectivity index (χ3n) is 3.23. The Kier molecular flexibility index (Phi) is 8.16. The van der Waals surface area contributed by atoms with Gasteiger partial charge in [0, 0.05) is 34.6 Å². The van der Waals surface area contributed by atoms with Crippen LogP contribution in [-0.4, -0.2) is 67.2 Å². The van der Waals surface area contributed by atoms with Crippen LogP contribution in [0, 0.1) is 0 Å².